The molecule has 0 saturated carbocycles. The van der Waals surface area contributed by atoms with Crippen LogP contribution >= 0.6 is 11.3 Å². The van der Waals surface area contributed by atoms with Crippen LogP contribution in [-0.2, 0) is 9.53 Å². The van der Waals surface area contributed by atoms with Crippen molar-refractivity contribution in [1.82, 2.24) is 0 Å². The lowest BCUT2D eigenvalue weighted by atomic mass is 10.2. The minimum atomic E-state index is -0.382. The van der Waals surface area contributed by atoms with Crippen LogP contribution in [0.15, 0.2) is 5.38 Å². The SMILES string of the molecule is CCOC(=O)c1c(NC(=O)CC)csc1C. The third kappa shape index (κ3) is 2.82. The summed E-state index contributed by atoms with van der Waals surface area (Å²) >= 11 is 1.42. The van der Waals surface area contributed by atoms with Crippen LogP contribution in [0.2, 0.25) is 0 Å². The Kier molecular flexibility index (Phi) is 4.49. The van der Waals surface area contributed by atoms with Gasteiger partial charge in [-0.15, -0.1) is 11.3 Å². The van der Waals surface area contributed by atoms with E-state index in [-0.39, 0.29) is 11.9 Å². The zero-order valence-electron chi connectivity index (χ0n) is 9.62. The van der Waals surface area contributed by atoms with Crippen LogP contribution < -0.4 is 5.32 Å². The molecule has 0 fully saturated rings. The Morgan fingerprint density at radius 1 is 1.44 bits per heavy atom. The van der Waals surface area contributed by atoms with E-state index in [1.165, 1.54) is 11.3 Å². The summed E-state index contributed by atoms with van der Waals surface area (Å²) in [5.41, 5.74) is 1.02. The van der Waals surface area contributed by atoms with Gasteiger partial charge < -0.3 is 10.1 Å². The van der Waals surface area contributed by atoms with Crippen molar-refractivity contribution in [2.45, 2.75) is 27.2 Å². The minimum Gasteiger partial charge on any atom is -0.462 e. The van der Waals surface area contributed by atoms with Crippen molar-refractivity contribution in [3.05, 3.63) is 15.8 Å². The number of aryl methyl sites for hydroxylation is 1. The van der Waals surface area contributed by atoms with E-state index in [1.807, 2.05) is 6.92 Å². The lowest BCUT2D eigenvalue weighted by Gasteiger charge is -2.06. The summed E-state index contributed by atoms with van der Waals surface area (Å²) in [7, 11) is 0. The summed E-state index contributed by atoms with van der Waals surface area (Å²) in [5.74, 6) is -0.490. The molecule has 0 aromatic carbocycles. The number of esters is 1. The molecule has 0 bridgehead atoms. The normalized spacial score (nSPS) is 9.94. The van der Waals surface area contributed by atoms with Gasteiger partial charge in [-0.05, 0) is 13.8 Å². The number of ether oxygens (including phenoxy) is 1. The maximum atomic E-state index is 11.7. The number of hydrogen-bond acceptors (Lipinski definition) is 4. The summed E-state index contributed by atoms with van der Waals surface area (Å²) in [6, 6.07) is 0. The Morgan fingerprint density at radius 3 is 2.69 bits per heavy atom. The number of nitrogens with one attached hydrogen (secondary N) is 1. The molecule has 1 amide bonds. The second-order valence-electron chi connectivity index (χ2n) is 3.20. The first-order chi connectivity index (χ1) is 7.60. The average molecular weight is 241 g/mol. The molecule has 1 rings (SSSR count). The smallest absolute Gasteiger partial charge is 0.341 e. The third-order valence-electron chi connectivity index (χ3n) is 2.05. The fourth-order valence-electron chi connectivity index (χ4n) is 1.24. The lowest BCUT2D eigenvalue weighted by molar-refractivity contribution is -0.115. The summed E-state index contributed by atoms with van der Waals surface area (Å²) in [6.45, 7) is 5.68. The predicted octanol–water partition coefficient (Wildman–Crippen LogP) is 2.58. The Hall–Kier alpha value is -1.36. The molecule has 0 aliphatic heterocycles. The average Bonchev–Trinajstić information content (AvgIpc) is 2.60. The topological polar surface area (TPSA) is 55.4 Å². The summed E-state index contributed by atoms with van der Waals surface area (Å²) in [4.78, 5) is 23.8. The van der Waals surface area contributed by atoms with Gasteiger partial charge >= 0.3 is 5.97 Å². The fraction of sp³-hybridized carbons (Fsp3) is 0.455. The molecule has 0 atom stereocenters. The summed E-state index contributed by atoms with van der Waals surface area (Å²) < 4.78 is 4.94. The van der Waals surface area contributed by atoms with Crippen molar-refractivity contribution in [2.24, 2.45) is 0 Å². The first-order valence-corrected chi connectivity index (χ1v) is 6.03. The number of amides is 1. The molecule has 16 heavy (non-hydrogen) atoms. The Bertz CT molecular complexity index is 398. The molecule has 0 spiro atoms. The minimum absolute atomic E-state index is 0.108. The van der Waals surface area contributed by atoms with E-state index in [4.69, 9.17) is 4.74 Å². The number of carbonyl (C=O) groups is 2. The van der Waals surface area contributed by atoms with Gasteiger partial charge in [-0.25, -0.2) is 4.79 Å². The number of anilines is 1. The predicted molar refractivity (Wildman–Crippen MR) is 63.9 cm³/mol. The Morgan fingerprint density at radius 2 is 2.12 bits per heavy atom. The molecule has 0 aliphatic rings. The second-order valence-corrected chi connectivity index (χ2v) is 4.29. The highest BCUT2D eigenvalue weighted by atomic mass is 32.1. The molecule has 0 saturated heterocycles. The zero-order chi connectivity index (χ0) is 12.1. The van der Waals surface area contributed by atoms with Gasteiger partial charge in [0.2, 0.25) is 5.91 Å². The van der Waals surface area contributed by atoms with Crippen LogP contribution in [0.25, 0.3) is 0 Å². The second kappa shape index (κ2) is 5.65. The van der Waals surface area contributed by atoms with E-state index < -0.39 is 0 Å². The molecule has 88 valence electrons. The van der Waals surface area contributed by atoms with Gasteiger partial charge in [0.05, 0.1) is 17.9 Å². The lowest BCUT2D eigenvalue weighted by Crippen LogP contribution is -2.13. The molecular weight excluding hydrogens is 226 g/mol. The van der Waals surface area contributed by atoms with Gasteiger partial charge in [0.1, 0.15) is 0 Å². The third-order valence-corrected chi connectivity index (χ3v) is 2.96. The largest absolute Gasteiger partial charge is 0.462 e. The van der Waals surface area contributed by atoms with Gasteiger partial charge in [0, 0.05) is 16.7 Å². The molecule has 4 nitrogen and oxygen atoms in total. The van der Waals surface area contributed by atoms with Crippen molar-refractivity contribution >= 4 is 28.9 Å². The van der Waals surface area contributed by atoms with Crippen molar-refractivity contribution < 1.29 is 14.3 Å². The van der Waals surface area contributed by atoms with E-state index in [0.717, 1.165) is 4.88 Å². The van der Waals surface area contributed by atoms with Crippen LogP contribution in [0.4, 0.5) is 5.69 Å². The van der Waals surface area contributed by atoms with Crippen molar-refractivity contribution in [2.75, 3.05) is 11.9 Å². The van der Waals surface area contributed by atoms with Gasteiger partial charge in [-0.1, -0.05) is 6.92 Å². The van der Waals surface area contributed by atoms with E-state index in [0.29, 0.717) is 24.3 Å². The Balaban J connectivity index is 2.93. The van der Waals surface area contributed by atoms with E-state index in [9.17, 15) is 9.59 Å². The molecule has 0 aliphatic carbocycles. The summed E-state index contributed by atoms with van der Waals surface area (Å²) in [5, 5.41) is 4.45. The fourth-order valence-corrected chi connectivity index (χ4v) is 2.02. The monoisotopic (exact) mass is 241 g/mol. The van der Waals surface area contributed by atoms with Crippen molar-refractivity contribution in [3.63, 3.8) is 0 Å². The van der Waals surface area contributed by atoms with Gasteiger partial charge in [-0.2, -0.15) is 0 Å². The first kappa shape index (κ1) is 12.7. The number of thiophene rings is 1. The van der Waals surface area contributed by atoms with Gasteiger partial charge in [-0.3, -0.25) is 4.79 Å². The number of hydrogen-bond donors (Lipinski definition) is 1. The highest BCUT2D eigenvalue weighted by Gasteiger charge is 2.18. The molecule has 5 heteroatoms. The molecule has 1 aromatic heterocycles. The van der Waals surface area contributed by atoms with Crippen LogP contribution in [0.3, 0.4) is 0 Å². The van der Waals surface area contributed by atoms with E-state index in [2.05, 4.69) is 5.32 Å². The molecule has 0 unspecified atom stereocenters. The van der Waals surface area contributed by atoms with Crippen LogP contribution in [0.5, 0.6) is 0 Å². The van der Waals surface area contributed by atoms with Crippen LogP contribution in [-0.4, -0.2) is 18.5 Å². The van der Waals surface area contributed by atoms with E-state index >= 15 is 0 Å². The van der Waals surface area contributed by atoms with Crippen LogP contribution in [0.1, 0.15) is 35.5 Å². The maximum Gasteiger partial charge on any atom is 0.341 e. The Labute approximate surface area is 98.6 Å². The molecular formula is C11H15NO3S. The standard InChI is InChI=1S/C11H15NO3S/c1-4-9(13)12-8-6-16-7(3)10(8)11(14)15-5-2/h6H,4-5H2,1-3H3,(H,12,13). The number of rotatable bonds is 4. The molecule has 1 aromatic rings. The molecule has 0 radical (unpaired) electrons. The van der Waals surface area contributed by atoms with Gasteiger partial charge in [0.15, 0.2) is 0 Å². The molecule has 1 heterocycles. The van der Waals surface area contributed by atoms with Crippen LogP contribution in [0, 0.1) is 6.92 Å². The number of carbonyl (C=O) groups excluding carboxylic acids is 2. The first-order valence-electron chi connectivity index (χ1n) is 5.15. The highest BCUT2D eigenvalue weighted by Crippen LogP contribution is 2.27. The summed E-state index contributed by atoms with van der Waals surface area (Å²) in [6.07, 6.45) is 0.386. The van der Waals surface area contributed by atoms with Crippen molar-refractivity contribution in [1.29, 1.82) is 0 Å². The van der Waals surface area contributed by atoms with Gasteiger partial charge in [0.25, 0.3) is 0 Å². The van der Waals surface area contributed by atoms with E-state index in [1.54, 1.807) is 19.2 Å². The zero-order valence-corrected chi connectivity index (χ0v) is 10.4. The quantitative estimate of drug-likeness (QED) is 0.824. The molecule has 1 N–H and O–H groups in total. The highest BCUT2D eigenvalue weighted by molar-refractivity contribution is 7.10. The van der Waals surface area contributed by atoms with Crippen molar-refractivity contribution in [3.8, 4) is 0 Å². The maximum absolute atomic E-state index is 11.7.